The Morgan fingerprint density at radius 3 is 2.57 bits per heavy atom. The van der Waals surface area contributed by atoms with Crippen LogP contribution in [0, 0.1) is 0 Å². The zero-order chi connectivity index (χ0) is 11.2. The molecule has 5 nitrogen and oxygen atoms in total. The van der Waals surface area contributed by atoms with Gasteiger partial charge in [0, 0.05) is 0 Å². The summed E-state index contributed by atoms with van der Waals surface area (Å²) in [4.78, 5) is 10.8. The molecule has 82 valence electrons. The average Bonchev–Trinajstić information content (AvgIpc) is 2.09. The summed E-state index contributed by atoms with van der Waals surface area (Å²) in [6.45, 7) is 5.07. The van der Waals surface area contributed by atoms with Crippen LogP contribution in [0.2, 0.25) is 0 Å². The van der Waals surface area contributed by atoms with Crippen LogP contribution in [0.15, 0.2) is 12.7 Å². The van der Waals surface area contributed by atoms with Crippen LogP contribution in [0.25, 0.3) is 0 Å². The highest BCUT2D eigenvalue weighted by atomic mass is 32.2. The monoisotopic (exact) mass is 221 g/mol. The molecule has 0 aromatic heterocycles. The van der Waals surface area contributed by atoms with E-state index in [1.165, 1.54) is 0 Å². The van der Waals surface area contributed by atoms with Crippen molar-refractivity contribution in [3.63, 3.8) is 0 Å². The van der Waals surface area contributed by atoms with Gasteiger partial charge in [-0.25, -0.2) is 0 Å². The fourth-order valence-electron chi connectivity index (χ4n) is 0.903. The van der Waals surface area contributed by atoms with Gasteiger partial charge in [0.1, 0.15) is 0 Å². The van der Waals surface area contributed by atoms with Gasteiger partial charge in [0.25, 0.3) is 10.1 Å². The van der Waals surface area contributed by atoms with Crippen LogP contribution in [0.5, 0.6) is 0 Å². The lowest BCUT2D eigenvalue weighted by Gasteiger charge is -2.13. The van der Waals surface area contributed by atoms with Gasteiger partial charge in [-0.3, -0.25) is 9.35 Å². The minimum absolute atomic E-state index is 0.203. The van der Waals surface area contributed by atoms with Crippen LogP contribution in [-0.2, 0) is 14.9 Å². The zero-order valence-corrected chi connectivity index (χ0v) is 8.88. The largest absolute Gasteiger partial charge is 0.334 e. The van der Waals surface area contributed by atoms with Crippen molar-refractivity contribution in [1.29, 1.82) is 0 Å². The minimum atomic E-state index is -4.22. The fraction of sp³-hybridized carbons (Fsp3) is 0.625. The van der Waals surface area contributed by atoms with Gasteiger partial charge in [0.15, 0.2) is 5.37 Å². The van der Waals surface area contributed by atoms with E-state index in [1.54, 1.807) is 0 Å². The first kappa shape index (κ1) is 13.1. The Bertz CT molecular complexity index is 296. The second-order valence-electron chi connectivity index (χ2n) is 2.86. The molecule has 1 unspecified atom stereocenters. The van der Waals surface area contributed by atoms with Crippen LogP contribution in [0.3, 0.4) is 0 Å². The van der Waals surface area contributed by atoms with Gasteiger partial charge in [-0.2, -0.15) is 8.42 Å². The van der Waals surface area contributed by atoms with Crippen molar-refractivity contribution >= 4 is 16.0 Å². The molecule has 6 heteroatoms. The number of rotatable bonds is 6. The van der Waals surface area contributed by atoms with Crippen molar-refractivity contribution in [1.82, 2.24) is 5.32 Å². The molecule has 1 atom stereocenters. The second kappa shape index (κ2) is 5.77. The van der Waals surface area contributed by atoms with Crippen LogP contribution < -0.4 is 5.32 Å². The summed E-state index contributed by atoms with van der Waals surface area (Å²) in [6, 6.07) is 0. The molecule has 0 aliphatic carbocycles. The molecule has 0 aromatic carbocycles. The van der Waals surface area contributed by atoms with Crippen LogP contribution >= 0.6 is 0 Å². The molecule has 0 fully saturated rings. The Kier molecular flexibility index (Phi) is 5.40. The number of carbonyl (C=O) groups is 1. The van der Waals surface area contributed by atoms with Gasteiger partial charge in [-0.05, 0) is 12.5 Å². The smallest absolute Gasteiger partial charge is 0.286 e. The second-order valence-corrected chi connectivity index (χ2v) is 4.46. The third kappa shape index (κ3) is 4.98. The lowest BCUT2D eigenvalue weighted by molar-refractivity contribution is -0.116. The van der Waals surface area contributed by atoms with E-state index in [-0.39, 0.29) is 6.42 Å². The Morgan fingerprint density at radius 2 is 2.21 bits per heavy atom. The standard InChI is InChI=1S/C8H15NO4S/c1-3-5-6-8(14(11,12)13)9-7(10)4-2/h4,8H,2-3,5-6H2,1H3,(H,9,10)(H,11,12,13). The third-order valence-corrected chi connectivity index (χ3v) is 2.74. The number of nitrogens with one attached hydrogen (secondary N) is 1. The van der Waals surface area contributed by atoms with E-state index >= 15 is 0 Å². The van der Waals surface area contributed by atoms with Crippen molar-refractivity contribution < 1.29 is 17.8 Å². The first-order valence-electron chi connectivity index (χ1n) is 4.31. The fourth-order valence-corrected chi connectivity index (χ4v) is 1.63. The molecule has 0 bridgehead atoms. The summed E-state index contributed by atoms with van der Waals surface area (Å²) in [5.74, 6) is -0.608. The first-order valence-corrected chi connectivity index (χ1v) is 5.81. The number of amides is 1. The lowest BCUT2D eigenvalue weighted by Crippen LogP contribution is -2.39. The quantitative estimate of drug-likeness (QED) is 0.510. The van der Waals surface area contributed by atoms with Gasteiger partial charge in [0.05, 0.1) is 0 Å². The summed E-state index contributed by atoms with van der Waals surface area (Å²) >= 11 is 0. The van der Waals surface area contributed by atoms with E-state index < -0.39 is 21.4 Å². The van der Waals surface area contributed by atoms with E-state index in [4.69, 9.17) is 4.55 Å². The Labute approximate surface area is 83.9 Å². The molecule has 0 aromatic rings. The number of unbranched alkanes of at least 4 members (excludes halogenated alkanes) is 1. The molecule has 14 heavy (non-hydrogen) atoms. The summed E-state index contributed by atoms with van der Waals surface area (Å²) in [5.41, 5.74) is 0. The van der Waals surface area contributed by atoms with Crippen molar-refractivity contribution in [2.24, 2.45) is 0 Å². The normalized spacial score (nSPS) is 13.3. The highest BCUT2D eigenvalue weighted by molar-refractivity contribution is 7.86. The summed E-state index contributed by atoms with van der Waals surface area (Å²) in [5, 5.41) is 0.918. The molecule has 0 heterocycles. The average molecular weight is 221 g/mol. The third-order valence-electron chi connectivity index (χ3n) is 1.67. The maximum absolute atomic E-state index is 10.8. The van der Waals surface area contributed by atoms with Gasteiger partial charge >= 0.3 is 0 Å². The predicted molar refractivity (Wildman–Crippen MR) is 53.2 cm³/mol. The summed E-state index contributed by atoms with van der Waals surface area (Å²) in [6.07, 6.45) is 2.57. The Hall–Kier alpha value is -0.880. The lowest BCUT2D eigenvalue weighted by atomic mass is 10.2. The van der Waals surface area contributed by atoms with E-state index in [2.05, 4.69) is 11.9 Å². The molecule has 0 saturated heterocycles. The first-order chi connectivity index (χ1) is 6.41. The molecule has 2 N–H and O–H groups in total. The van der Waals surface area contributed by atoms with Crippen molar-refractivity contribution in [2.45, 2.75) is 31.6 Å². The maximum Gasteiger partial charge on any atom is 0.286 e. The Morgan fingerprint density at radius 1 is 1.64 bits per heavy atom. The van der Waals surface area contributed by atoms with Gasteiger partial charge in [-0.15, -0.1) is 0 Å². The molecule has 0 radical (unpaired) electrons. The van der Waals surface area contributed by atoms with Gasteiger partial charge < -0.3 is 5.32 Å². The Balaban J connectivity index is 4.41. The SMILES string of the molecule is C=CC(=O)NC(CCCC)S(=O)(=O)O. The zero-order valence-electron chi connectivity index (χ0n) is 8.06. The van der Waals surface area contributed by atoms with Gasteiger partial charge in [-0.1, -0.05) is 26.3 Å². The topological polar surface area (TPSA) is 83.5 Å². The van der Waals surface area contributed by atoms with E-state index in [1.807, 2.05) is 6.92 Å². The van der Waals surface area contributed by atoms with Crippen LogP contribution in [0.1, 0.15) is 26.2 Å². The summed E-state index contributed by atoms with van der Waals surface area (Å²) < 4.78 is 30.4. The molecular formula is C8H15NO4S. The minimum Gasteiger partial charge on any atom is -0.334 e. The number of hydrogen-bond donors (Lipinski definition) is 2. The predicted octanol–water partition coefficient (Wildman–Crippen LogP) is 0.693. The van der Waals surface area contributed by atoms with Crippen molar-refractivity contribution in [3.8, 4) is 0 Å². The van der Waals surface area contributed by atoms with Crippen LogP contribution in [0.4, 0.5) is 0 Å². The van der Waals surface area contributed by atoms with Crippen molar-refractivity contribution in [3.05, 3.63) is 12.7 Å². The number of carbonyl (C=O) groups excluding carboxylic acids is 1. The molecule has 0 rings (SSSR count). The molecule has 1 amide bonds. The van der Waals surface area contributed by atoms with Crippen LogP contribution in [-0.4, -0.2) is 24.3 Å². The van der Waals surface area contributed by atoms with Gasteiger partial charge in [0.2, 0.25) is 5.91 Å². The van der Waals surface area contributed by atoms with Crippen molar-refractivity contribution in [2.75, 3.05) is 0 Å². The number of hydrogen-bond acceptors (Lipinski definition) is 3. The molecular weight excluding hydrogens is 206 g/mol. The molecule has 0 spiro atoms. The van der Waals surface area contributed by atoms with E-state index in [9.17, 15) is 13.2 Å². The maximum atomic E-state index is 10.8. The molecule has 0 saturated carbocycles. The summed E-state index contributed by atoms with van der Waals surface area (Å²) in [7, 11) is -4.22. The highest BCUT2D eigenvalue weighted by Gasteiger charge is 2.23. The highest BCUT2D eigenvalue weighted by Crippen LogP contribution is 2.06. The van der Waals surface area contributed by atoms with E-state index in [0.29, 0.717) is 6.42 Å². The molecule has 0 aliphatic rings. The van der Waals surface area contributed by atoms with E-state index in [0.717, 1.165) is 12.5 Å². The molecule has 0 aliphatic heterocycles.